The topological polar surface area (TPSA) is 59.5 Å². The second kappa shape index (κ2) is 6.44. The van der Waals surface area contributed by atoms with Crippen molar-refractivity contribution < 1.29 is 9.21 Å². The minimum atomic E-state index is 0.156. The molecule has 0 aliphatic heterocycles. The molecule has 1 aliphatic rings. The van der Waals surface area contributed by atoms with Crippen molar-refractivity contribution in [2.24, 2.45) is 17.6 Å². The van der Waals surface area contributed by atoms with Gasteiger partial charge in [-0.1, -0.05) is 13.8 Å². The van der Waals surface area contributed by atoms with Crippen LogP contribution >= 0.6 is 0 Å². The van der Waals surface area contributed by atoms with Crippen molar-refractivity contribution in [2.75, 3.05) is 13.6 Å². The second-order valence-corrected chi connectivity index (χ2v) is 6.25. The van der Waals surface area contributed by atoms with Crippen molar-refractivity contribution >= 4 is 5.91 Å². The van der Waals surface area contributed by atoms with E-state index in [2.05, 4.69) is 19.9 Å². The summed E-state index contributed by atoms with van der Waals surface area (Å²) in [6, 6.07) is 4.05. The van der Waals surface area contributed by atoms with Gasteiger partial charge >= 0.3 is 0 Å². The molecule has 4 heteroatoms. The Hall–Kier alpha value is -1.29. The van der Waals surface area contributed by atoms with Crippen molar-refractivity contribution in [3.05, 3.63) is 23.7 Å². The SMILES string of the molecule is CC(CN)CCC(=O)N(C)Cc1ccc(C2CC2C)o1. The highest BCUT2D eigenvalue weighted by molar-refractivity contribution is 5.75. The molecule has 1 heterocycles. The molecule has 0 saturated heterocycles. The van der Waals surface area contributed by atoms with Crippen LogP contribution in [-0.2, 0) is 11.3 Å². The number of nitrogens with two attached hydrogens (primary N) is 1. The Bertz CT molecular complexity index is 455. The van der Waals surface area contributed by atoms with Gasteiger partial charge in [0, 0.05) is 19.4 Å². The van der Waals surface area contributed by atoms with Crippen LogP contribution in [0.3, 0.4) is 0 Å². The van der Waals surface area contributed by atoms with Crippen molar-refractivity contribution in [2.45, 2.75) is 45.6 Å². The lowest BCUT2D eigenvalue weighted by Crippen LogP contribution is -2.26. The third kappa shape index (κ3) is 3.85. The largest absolute Gasteiger partial charge is 0.464 e. The Kier molecular flexibility index (Phi) is 4.86. The molecule has 20 heavy (non-hydrogen) atoms. The number of hydrogen-bond acceptors (Lipinski definition) is 3. The van der Waals surface area contributed by atoms with E-state index in [1.54, 1.807) is 4.90 Å². The molecule has 0 spiro atoms. The summed E-state index contributed by atoms with van der Waals surface area (Å²) >= 11 is 0. The lowest BCUT2D eigenvalue weighted by molar-refractivity contribution is -0.130. The van der Waals surface area contributed by atoms with Crippen LogP contribution in [0.2, 0.25) is 0 Å². The molecule has 3 atom stereocenters. The molecule has 1 aliphatic carbocycles. The van der Waals surface area contributed by atoms with Crippen LogP contribution in [0.25, 0.3) is 0 Å². The minimum absolute atomic E-state index is 0.156. The van der Waals surface area contributed by atoms with Gasteiger partial charge in [0.05, 0.1) is 6.54 Å². The number of carbonyl (C=O) groups excluding carboxylic acids is 1. The van der Waals surface area contributed by atoms with Gasteiger partial charge in [-0.25, -0.2) is 0 Å². The van der Waals surface area contributed by atoms with Crippen LogP contribution in [-0.4, -0.2) is 24.4 Å². The Labute approximate surface area is 121 Å². The zero-order valence-corrected chi connectivity index (χ0v) is 12.8. The smallest absolute Gasteiger partial charge is 0.222 e. The lowest BCUT2D eigenvalue weighted by Gasteiger charge is -2.17. The molecule has 1 aromatic heterocycles. The van der Waals surface area contributed by atoms with Crippen LogP contribution in [0.5, 0.6) is 0 Å². The summed E-state index contributed by atoms with van der Waals surface area (Å²) in [5, 5.41) is 0. The number of carbonyl (C=O) groups is 1. The van der Waals surface area contributed by atoms with Gasteiger partial charge in [0.25, 0.3) is 0 Å². The zero-order valence-electron chi connectivity index (χ0n) is 12.8. The second-order valence-electron chi connectivity index (χ2n) is 6.25. The third-order valence-corrected chi connectivity index (χ3v) is 4.23. The van der Waals surface area contributed by atoms with E-state index in [1.807, 2.05) is 13.1 Å². The molecule has 0 bridgehead atoms. The summed E-state index contributed by atoms with van der Waals surface area (Å²) < 4.78 is 5.83. The molecule has 1 aromatic rings. The molecule has 112 valence electrons. The van der Waals surface area contributed by atoms with Gasteiger partial charge in [-0.3, -0.25) is 4.79 Å². The Balaban J connectivity index is 1.79. The first-order valence-electron chi connectivity index (χ1n) is 7.54. The number of furan rings is 1. The Morgan fingerprint density at radius 2 is 2.25 bits per heavy atom. The molecule has 1 saturated carbocycles. The normalized spacial score (nSPS) is 22.6. The molecule has 1 amide bonds. The average Bonchev–Trinajstić information content (AvgIpc) is 2.98. The molecular formula is C16H26N2O2. The molecular weight excluding hydrogens is 252 g/mol. The molecule has 0 radical (unpaired) electrons. The summed E-state index contributed by atoms with van der Waals surface area (Å²) in [7, 11) is 1.83. The van der Waals surface area contributed by atoms with E-state index in [-0.39, 0.29) is 5.91 Å². The zero-order chi connectivity index (χ0) is 14.7. The Morgan fingerprint density at radius 1 is 1.55 bits per heavy atom. The number of nitrogens with zero attached hydrogens (tertiary/aromatic N) is 1. The number of hydrogen-bond donors (Lipinski definition) is 1. The van der Waals surface area contributed by atoms with Gasteiger partial charge in [0.1, 0.15) is 11.5 Å². The van der Waals surface area contributed by atoms with E-state index in [9.17, 15) is 4.79 Å². The Morgan fingerprint density at radius 3 is 2.85 bits per heavy atom. The lowest BCUT2D eigenvalue weighted by atomic mass is 10.1. The summed E-state index contributed by atoms with van der Waals surface area (Å²) in [6.07, 6.45) is 2.63. The number of rotatable bonds is 7. The van der Waals surface area contributed by atoms with E-state index >= 15 is 0 Å². The van der Waals surface area contributed by atoms with E-state index in [0.717, 1.165) is 23.9 Å². The van der Waals surface area contributed by atoms with Gasteiger partial charge in [-0.05, 0) is 43.4 Å². The summed E-state index contributed by atoms with van der Waals surface area (Å²) in [6.45, 7) is 5.50. The quantitative estimate of drug-likeness (QED) is 0.834. The van der Waals surface area contributed by atoms with Crippen molar-refractivity contribution in [1.82, 2.24) is 4.90 Å². The molecule has 1 fully saturated rings. The highest BCUT2D eigenvalue weighted by Gasteiger charge is 2.36. The van der Waals surface area contributed by atoms with Gasteiger partial charge in [-0.15, -0.1) is 0 Å². The van der Waals surface area contributed by atoms with Gasteiger partial charge in [0.15, 0.2) is 0 Å². The van der Waals surface area contributed by atoms with E-state index in [1.165, 1.54) is 6.42 Å². The van der Waals surface area contributed by atoms with Gasteiger partial charge < -0.3 is 15.1 Å². The minimum Gasteiger partial charge on any atom is -0.464 e. The number of amides is 1. The van der Waals surface area contributed by atoms with Crippen LogP contribution in [0.4, 0.5) is 0 Å². The maximum Gasteiger partial charge on any atom is 0.222 e. The fourth-order valence-corrected chi connectivity index (χ4v) is 2.40. The van der Waals surface area contributed by atoms with Crippen LogP contribution in [0.1, 0.15) is 50.5 Å². The van der Waals surface area contributed by atoms with Crippen LogP contribution in [0.15, 0.2) is 16.5 Å². The first kappa shape index (κ1) is 15.1. The maximum absolute atomic E-state index is 12.0. The first-order chi connectivity index (χ1) is 9.51. The predicted molar refractivity (Wildman–Crippen MR) is 79.2 cm³/mol. The molecule has 4 nitrogen and oxygen atoms in total. The van der Waals surface area contributed by atoms with Crippen molar-refractivity contribution in [3.63, 3.8) is 0 Å². The standard InChI is InChI=1S/C16H26N2O2/c1-11(9-17)4-7-16(19)18(3)10-13-5-6-15(20-13)14-8-12(14)2/h5-6,11-12,14H,4,7-10,17H2,1-3H3. The summed E-state index contributed by atoms with van der Waals surface area (Å²) in [5.74, 6) is 3.84. The highest BCUT2D eigenvalue weighted by atomic mass is 16.3. The average molecular weight is 278 g/mol. The van der Waals surface area contributed by atoms with E-state index in [0.29, 0.717) is 31.3 Å². The van der Waals surface area contributed by atoms with E-state index in [4.69, 9.17) is 10.2 Å². The third-order valence-electron chi connectivity index (χ3n) is 4.23. The highest BCUT2D eigenvalue weighted by Crippen LogP contribution is 2.47. The van der Waals surface area contributed by atoms with Gasteiger partial charge in [-0.2, -0.15) is 0 Å². The summed E-state index contributed by atoms with van der Waals surface area (Å²) in [4.78, 5) is 13.8. The molecule has 2 N–H and O–H groups in total. The van der Waals surface area contributed by atoms with Crippen molar-refractivity contribution in [1.29, 1.82) is 0 Å². The predicted octanol–water partition coefficient (Wildman–Crippen LogP) is 2.74. The summed E-state index contributed by atoms with van der Waals surface area (Å²) in [5.41, 5.74) is 5.57. The van der Waals surface area contributed by atoms with Gasteiger partial charge in [0.2, 0.25) is 5.91 Å². The fraction of sp³-hybridized carbons (Fsp3) is 0.688. The molecule has 0 aromatic carbocycles. The van der Waals surface area contributed by atoms with Crippen molar-refractivity contribution in [3.8, 4) is 0 Å². The van der Waals surface area contributed by atoms with Crippen LogP contribution < -0.4 is 5.73 Å². The van der Waals surface area contributed by atoms with E-state index < -0.39 is 0 Å². The maximum atomic E-state index is 12.0. The fourth-order valence-electron chi connectivity index (χ4n) is 2.40. The molecule has 3 unspecified atom stereocenters. The monoisotopic (exact) mass is 278 g/mol. The van der Waals surface area contributed by atoms with Crippen LogP contribution in [0, 0.1) is 11.8 Å². The molecule has 2 rings (SSSR count). The first-order valence-corrected chi connectivity index (χ1v) is 7.54.